The van der Waals surface area contributed by atoms with E-state index in [2.05, 4.69) is 20.3 Å². The smallest absolute Gasteiger partial charge is 0.255 e. The number of anilines is 2. The molecule has 0 spiro atoms. The zero-order valence-electron chi connectivity index (χ0n) is 17.4. The van der Waals surface area contributed by atoms with Gasteiger partial charge in [-0.1, -0.05) is 6.42 Å². The number of hydrogen-bond donors (Lipinski definition) is 1. The first-order valence-corrected chi connectivity index (χ1v) is 12.1. The molecule has 9 heteroatoms. The average molecular weight is 454 g/mol. The summed E-state index contributed by atoms with van der Waals surface area (Å²) in [5.74, 6) is 0.960. The summed E-state index contributed by atoms with van der Waals surface area (Å²) in [4.78, 5) is 41.7. The number of carbonyl (C=O) groups excluding carboxylic acids is 2. The minimum atomic E-state index is -0.0453. The number of thiazole rings is 2. The molecule has 1 saturated carbocycles. The number of pyridine rings is 1. The van der Waals surface area contributed by atoms with Gasteiger partial charge in [0.1, 0.15) is 11.6 Å². The average Bonchev–Trinajstić information content (AvgIpc) is 3.33. The number of piperidine rings is 1. The first-order valence-electron chi connectivity index (χ1n) is 10.4. The molecule has 2 bridgehead atoms. The monoisotopic (exact) mass is 453 g/mol. The summed E-state index contributed by atoms with van der Waals surface area (Å²) in [6.07, 6.45) is 4.49. The van der Waals surface area contributed by atoms with Crippen LogP contribution in [0.15, 0.2) is 23.7 Å². The van der Waals surface area contributed by atoms with E-state index in [0.29, 0.717) is 30.3 Å². The predicted molar refractivity (Wildman–Crippen MR) is 122 cm³/mol. The summed E-state index contributed by atoms with van der Waals surface area (Å²) < 4.78 is 0. The summed E-state index contributed by atoms with van der Waals surface area (Å²) in [6.45, 7) is 5.06. The van der Waals surface area contributed by atoms with Crippen molar-refractivity contribution in [2.24, 2.45) is 11.8 Å². The molecular formula is C22H23N5O2S2. The number of hydrogen-bond acceptors (Lipinski definition) is 8. The lowest BCUT2D eigenvalue weighted by atomic mass is 9.76. The highest BCUT2D eigenvalue weighted by Gasteiger charge is 2.39. The van der Waals surface area contributed by atoms with Crippen LogP contribution in [0.3, 0.4) is 0 Å². The number of aromatic nitrogens is 3. The van der Waals surface area contributed by atoms with E-state index >= 15 is 0 Å². The second kappa shape index (κ2) is 8.12. The van der Waals surface area contributed by atoms with Gasteiger partial charge in [0.05, 0.1) is 26.8 Å². The van der Waals surface area contributed by atoms with Gasteiger partial charge in [0, 0.05) is 36.5 Å². The van der Waals surface area contributed by atoms with E-state index in [1.807, 2.05) is 24.1 Å². The Morgan fingerprint density at radius 3 is 2.58 bits per heavy atom. The minimum absolute atomic E-state index is 0.00965. The lowest BCUT2D eigenvalue weighted by Crippen LogP contribution is -2.51. The molecule has 31 heavy (non-hydrogen) atoms. The van der Waals surface area contributed by atoms with Crippen molar-refractivity contribution in [1.82, 2.24) is 19.9 Å². The Morgan fingerprint density at radius 1 is 1.16 bits per heavy atom. The number of likely N-dealkylation sites (tertiary alicyclic amines) is 1. The molecule has 0 aromatic carbocycles. The summed E-state index contributed by atoms with van der Waals surface area (Å²) >= 11 is 3.15. The van der Waals surface area contributed by atoms with Crippen LogP contribution in [-0.4, -0.2) is 44.6 Å². The highest BCUT2D eigenvalue weighted by molar-refractivity contribution is 7.16. The van der Waals surface area contributed by atoms with Gasteiger partial charge in [-0.25, -0.2) is 15.0 Å². The molecule has 2 aliphatic rings. The lowest BCUT2D eigenvalue weighted by molar-refractivity contribution is -0.133. The quantitative estimate of drug-likeness (QED) is 0.627. The normalized spacial score (nSPS) is 20.7. The van der Waals surface area contributed by atoms with Crippen LogP contribution in [0.4, 0.5) is 10.9 Å². The van der Waals surface area contributed by atoms with Gasteiger partial charge in [0.15, 0.2) is 5.13 Å². The first kappa shape index (κ1) is 20.3. The highest BCUT2D eigenvalue weighted by Crippen LogP contribution is 2.34. The van der Waals surface area contributed by atoms with Crippen LogP contribution >= 0.6 is 22.7 Å². The highest BCUT2D eigenvalue weighted by atomic mass is 32.1. The number of nitrogens with one attached hydrogen (secondary N) is 1. The summed E-state index contributed by atoms with van der Waals surface area (Å²) in [7, 11) is 0. The number of carbonyl (C=O) groups is 2. The fourth-order valence-corrected chi connectivity index (χ4v) is 6.12. The topological polar surface area (TPSA) is 88.1 Å². The zero-order chi connectivity index (χ0) is 21.5. The van der Waals surface area contributed by atoms with Crippen LogP contribution in [0.2, 0.25) is 0 Å². The van der Waals surface area contributed by atoms with Crippen molar-refractivity contribution >= 4 is 45.3 Å². The second-order valence-corrected chi connectivity index (χ2v) is 10.2. The van der Waals surface area contributed by atoms with Crippen molar-refractivity contribution in [1.29, 1.82) is 0 Å². The predicted octanol–water partition coefficient (Wildman–Crippen LogP) is 4.46. The maximum absolute atomic E-state index is 12.9. The third kappa shape index (κ3) is 3.99. The molecule has 1 aliphatic heterocycles. The summed E-state index contributed by atoms with van der Waals surface area (Å²) in [5, 5.41) is 7.00. The number of ketones is 1. The van der Waals surface area contributed by atoms with Crippen molar-refractivity contribution < 1.29 is 9.59 Å². The molecule has 0 unspecified atom stereocenters. The van der Waals surface area contributed by atoms with Gasteiger partial charge in [-0.2, -0.15) is 0 Å². The van der Waals surface area contributed by atoms with Gasteiger partial charge < -0.3 is 10.2 Å². The van der Waals surface area contributed by atoms with Gasteiger partial charge in [0.2, 0.25) is 0 Å². The largest absolute Gasteiger partial charge is 0.337 e. The molecule has 5 rings (SSSR count). The Bertz CT molecular complexity index is 1120. The van der Waals surface area contributed by atoms with Crippen molar-refractivity contribution in [3.05, 3.63) is 40.0 Å². The summed E-state index contributed by atoms with van der Waals surface area (Å²) in [5.41, 5.74) is 2.45. The second-order valence-electron chi connectivity index (χ2n) is 8.18. The molecule has 1 saturated heterocycles. The number of aryl methyl sites for hydroxylation is 2. The zero-order valence-corrected chi connectivity index (χ0v) is 19.1. The summed E-state index contributed by atoms with van der Waals surface area (Å²) in [6, 6.07) is 3.58. The van der Waals surface area contributed by atoms with Gasteiger partial charge in [-0.3, -0.25) is 9.59 Å². The minimum Gasteiger partial charge on any atom is -0.337 e. The Labute approximate surface area is 188 Å². The molecule has 4 heterocycles. The fourth-order valence-electron chi connectivity index (χ4n) is 4.45. The molecule has 2 atom stereocenters. The molecule has 7 nitrogen and oxygen atoms in total. The van der Waals surface area contributed by atoms with E-state index in [-0.39, 0.29) is 17.7 Å². The maximum Gasteiger partial charge on any atom is 0.255 e. The van der Waals surface area contributed by atoms with Crippen molar-refractivity contribution in [3.63, 3.8) is 0 Å². The fraction of sp³-hybridized carbons (Fsp3) is 0.409. The van der Waals surface area contributed by atoms with Crippen molar-refractivity contribution in [2.45, 2.75) is 33.1 Å². The van der Waals surface area contributed by atoms with Crippen molar-refractivity contribution in [2.75, 3.05) is 18.4 Å². The van der Waals surface area contributed by atoms with E-state index < -0.39 is 0 Å². The SMILES string of the molecule is Cc1nc(C)c(-c2csc(Nc3ccc(C(=O)N4C[C@H]5CCC[C@@H](C4)C5=O)cn3)n2)s1. The van der Waals surface area contributed by atoms with Crippen molar-refractivity contribution in [3.8, 4) is 10.6 Å². The molecule has 1 N–H and O–H groups in total. The number of rotatable bonds is 4. The number of Topliss-reactive ketones (excluding diaryl/α,β-unsaturated/α-hetero) is 1. The Morgan fingerprint density at radius 2 is 1.94 bits per heavy atom. The lowest BCUT2D eigenvalue weighted by Gasteiger charge is -2.40. The van der Waals surface area contributed by atoms with Gasteiger partial charge in [-0.15, -0.1) is 22.7 Å². The van der Waals surface area contributed by atoms with Crippen LogP contribution in [0.25, 0.3) is 10.6 Å². The van der Waals surface area contributed by atoms with Crippen LogP contribution in [-0.2, 0) is 4.79 Å². The molecule has 0 radical (unpaired) electrons. The van der Waals surface area contributed by atoms with Crippen LogP contribution < -0.4 is 5.32 Å². The third-order valence-corrected chi connectivity index (χ3v) is 7.82. The molecule has 160 valence electrons. The van der Waals surface area contributed by atoms with Gasteiger partial charge in [-0.05, 0) is 38.8 Å². The number of amides is 1. The van der Waals surface area contributed by atoms with Crippen LogP contribution in [0, 0.1) is 25.7 Å². The molecule has 2 fully saturated rings. The van der Waals surface area contributed by atoms with Crippen LogP contribution in [0.5, 0.6) is 0 Å². The van der Waals surface area contributed by atoms with E-state index in [9.17, 15) is 9.59 Å². The Balaban J connectivity index is 1.26. The van der Waals surface area contributed by atoms with E-state index in [1.165, 1.54) is 11.3 Å². The van der Waals surface area contributed by atoms with E-state index in [1.54, 1.807) is 29.7 Å². The Kier molecular flexibility index (Phi) is 5.31. The maximum atomic E-state index is 12.9. The Hall–Kier alpha value is -2.65. The van der Waals surface area contributed by atoms with E-state index in [4.69, 9.17) is 0 Å². The third-order valence-electron chi connectivity index (χ3n) is 5.96. The van der Waals surface area contributed by atoms with Crippen LogP contribution in [0.1, 0.15) is 40.3 Å². The van der Waals surface area contributed by atoms with Gasteiger partial charge in [0.25, 0.3) is 5.91 Å². The van der Waals surface area contributed by atoms with Gasteiger partial charge >= 0.3 is 0 Å². The number of nitrogens with zero attached hydrogens (tertiary/aromatic N) is 4. The molecule has 1 aliphatic carbocycles. The molecule has 3 aromatic heterocycles. The number of fused-ring (bicyclic) bond motifs is 2. The molecular weight excluding hydrogens is 430 g/mol. The standard InChI is InChI=1S/C22H23N5O2S2/c1-12-20(31-13(2)24-12)17-11-30-22(25-17)26-18-7-6-14(8-23-18)21(29)27-9-15-4-3-5-16(10-27)19(15)28/h6-8,11,15-16H,3-5,9-10H2,1-2H3,(H,23,25,26)/t15-,16+. The van der Waals surface area contributed by atoms with E-state index in [0.717, 1.165) is 45.7 Å². The molecule has 3 aromatic rings. The first-order chi connectivity index (χ1) is 15.0. The molecule has 1 amide bonds.